The maximum atomic E-state index is 13.6. The highest BCUT2D eigenvalue weighted by Crippen LogP contribution is 2.27. The number of rotatable bonds is 10. The molecule has 1 aliphatic rings. The lowest BCUT2D eigenvalue weighted by atomic mass is 9.93. The van der Waals surface area contributed by atoms with Crippen LogP contribution in [0.25, 0.3) is 10.9 Å². The number of nitriles is 1. The first-order chi connectivity index (χ1) is 17.0. The lowest BCUT2D eigenvalue weighted by Crippen LogP contribution is -2.48. The molecule has 0 spiro atoms. The molecule has 0 radical (unpaired) electrons. The van der Waals surface area contributed by atoms with E-state index in [1.807, 2.05) is 46.1 Å². The molecule has 0 saturated carbocycles. The topological polar surface area (TPSA) is 106 Å². The van der Waals surface area contributed by atoms with Gasteiger partial charge >= 0.3 is 0 Å². The molecule has 3 heterocycles. The quantitative estimate of drug-likeness (QED) is 0.375. The van der Waals surface area contributed by atoms with Gasteiger partial charge in [-0.25, -0.2) is 4.72 Å². The van der Waals surface area contributed by atoms with Crippen LogP contribution >= 0.6 is 11.9 Å². The van der Waals surface area contributed by atoms with Crippen molar-refractivity contribution in [3.63, 3.8) is 0 Å². The number of piperidine rings is 1. The van der Waals surface area contributed by atoms with Crippen LogP contribution in [0.5, 0.6) is 0 Å². The highest BCUT2D eigenvalue weighted by atomic mass is 32.2. The number of amides is 2. The number of likely N-dealkylation sites (tertiary alicyclic amines) is 1. The summed E-state index contributed by atoms with van der Waals surface area (Å²) in [7, 11) is 0. The van der Waals surface area contributed by atoms with Gasteiger partial charge in [-0.2, -0.15) is 5.26 Å². The number of aromatic nitrogens is 2. The third kappa shape index (κ3) is 6.47. The number of carbonyl (C=O) groups is 2. The van der Waals surface area contributed by atoms with Crippen LogP contribution in [0.2, 0.25) is 0 Å². The third-order valence-electron chi connectivity index (χ3n) is 6.62. The van der Waals surface area contributed by atoms with E-state index in [9.17, 15) is 14.9 Å². The van der Waals surface area contributed by atoms with Gasteiger partial charge in [0.25, 0.3) is 0 Å². The minimum atomic E-state index is -0.376. The molecule has 0 aliphatic carbocycles. The number of nitrogens with one attached hydrogen (secondary N) is 3. The lowest BCUT2D eigenvalue weighted by molar-refractivity contribution is -0.134. The van der Waals surface area contributed by atoms with Gasteiger partial charge in [-0.15, -0.1) is 0 Å². The predicted molar refractivity (Wildman–Crippen MR) is 137 cm³/mol. The molecule has 2 amide bonds. The second-order valence-electron chi connectivity index (χ2n) is 9.00. The number of aromatic amines is 1. The third-order valence-corrected chi connectivity index (χ3v) is 7.60. The van der Waals surface area contributed by atoms with Crippen molar-refractivity contribution >= 4 is 34.7 Å². The summed E-state index contributed by atoms with van der Waals surface area (Å²) >= 11 is 1.48. The second-order valence-corrected chi connectivity index (χ2v) is 9.87. The lowest BCUT2D eigenvalue weighted by Gasteiger charge is -2.34. The molecule has 4 rings (SSSR count). The molecule has 3 N–H and O–H groups in total. The molecule has 1 aliphatic heterocycles. The smallest absolute Gasteiger partial charge is 0.240 e. The van der Waals surface area contributed by atoms with Crippen LogP contribution in [0.3, 0.4) is 0 Å². The molecule has 0 bridgehead atoms. The van der Waals surface area contributed by atoms with Crippen molar-refractivity contribution in [2.24, 2.45) is 5.92 Å². The van der Waals surface area contributed by atoms with Crippen molar-refractivity contribution in [1.29, 1.82) is 5.26 Å². The van der Waals surface area contributed by atoms with Crippen molar-refractivity contribution in [3.8, 4) is 6.07 Å². The molecule has 1 aromatic carbocycles. The molecule has 2 aromatic heterocycles. The maximum absolute atomic E-state index is 13.6. The van der Waals surface area contributed by atoms with Crippen molar-refractivity contribution in [1.82, 2.24) is 24.5 Å². The summed E-state index contributed by atoms with van der Waals surface area (Å²) in [4.78, 5) is 30.9. The number of benzene rings is 1. The van der Waals surface area contributed by atoms with Crippen LogP contribution in [-0.2, 0) is 16.1 Å². The first-order valence-electron chi connectivity index (χ1n) is 12.1. The maximum Gasteiger partial charge on any atom is 0.240 e. The van der Waals surface area contributed by atoms with Gasteiger partial charge in [0.05, 0.1) is 6.04 Å². The summed E-state index contributed by atoms with van der Waals surface area (Å²) in [5, 5.41) is 13.3. The number of carbonyl (C=O) groups excluding carboxylic acids is 2. The van der Waals surface area contributed by atoms with Gasteiger partial charge in [-0.3, -0.25) is 9.59 Å². The first kappa shape index (κ1) is 24.9. The van der Waals surface area contributed by atoms with Crippen molar-refractivity contribution in [3.05, 3.63) is 54.5 Å². The summed E-state index contributed by atoms with van der Waals surface area (Å²) in [5.74, 6) is 0.627. The fraction of sp³-hybridized carbons (Fsp3) is 0.423. The van der Waals surface area contributed by atoms with E-state index in [2.05, 4.69) is 27.2 Å². The van der Waals surface area contributed by atoms with Crippen LogP contribution in [-0.4, -0.2) is 51.9 Å². The Morgan fingerprint density at radius 2 is 2.06 bits per heavy atom. The summed E-state index contributed by atoms with van der Waals surface area (Å²) in [6, 6.07) is 13.6. The van der Waals surface area contributed by atoms with Gasteiger partial charge < -0.3 is 19.8 Å². The Bertz CT molecular complexity index is 1190. The van der Waals surface area contributed by atoms with Crippen molar-refractivity contribution < 1.29 is 9.59 Å². The molecule has 9 heteroatoms. The summed E-state index contributed by atoms with van der Waals surface area (Å²) in [6.07, 6.45) is 7.23. The van der Waals surface area contributed by atoms with E-state index in [0.717, 1.165) is 48.2 Å². The van der Waals surface area contributed by atoms with Gasteiger partial charge in [0.2, 0.25) is 11.8 Å². The molecule has 1 unspecified atom stereocenters. The van der Waals surface area contributed by atoms with Gasteiger partial charge in [0.1, 0.15) is 11.8 Å². The Balaban J connectivity index is 1.39. The molecule has 1 saturated heterocycles. The molecule has 1 fully saturated rings. The minimum absolute atomic E-state index is 0.00149. The monoisotopic (exact) mass is 492 g/mol. The van der Waals surface area contributed by atoms with Gasteiger partial charge in [0, 0.05) is 61.3 Å². The highest BCUT2D eigenvalue weighted by molar-refractivity contribution is 7.97. The van der Waals surface area contributed by atoms with Gasteiger partial charge in [-0.1, -0.05) is 6.07 Å². The van der Waals surface area contributed by atoms with Gasteiger partial charge in [0.15, 0.2) is 0 Å². The number of hydrogen-bond acceptors (Lipinski definition) is 5. The van der Waals surface area contributed by atoms with Crippen LogP contribution in [0.1, 0.15) is 38.3 Å². The van der Waals surface area contributed by atoms with E-state index >= 15 is 0 Å². The fourth-order valence-electron chi connectivity index (χ4n) is 4.61. The summed E-state index contributed by atoms with van der Waals surface area (Å²) in [6.45, 7) is 4.27. The normalized spacial score (nSPS) is 15.1. The van der Waals surface area contributed by atoms with E-state index in [4.69, 9.17) is 0 Å². The molecule has 3 aromatic rings. The number of aryl methyl sites for hydroxylation is 1. The molecular formula is C26H32N6O2S. The second kappa shape index (κ2) is 12.0. The van der Waals surface area contributed by atoms with Crippen LogP contribution in [0, 0.1) is 17.2 Å². The Morgan fingerprint density at radius 1 is 1.23 bits per heavy atom. The molecule has 184 valence electrons. The molecule has 1 atom stereocenters. The van der Waals surface area contributed by atoms with E-state index in [0.29, 0.717) is 31.1 Å². The summed E-state index contributed by atoms with van der Waals surface area (Å²) < 4.78 is 5.34. The van der Waals surface area contributed by atoms with Crippen LogP contribution in [0.4, 0.5) is 0 Å². The summed E-state index contributed by atoms with van der Waals surface area (Å²) in [5.41, 5.74) is 1.66. The number of H-pyrrole nitrogens is 1. The Hall–Kier alpha value is -3.22. The fourth-order valence-corrected chi connectivity index (χ4v) is 5.53. The zero-order valence-electron chi connectivity index (χ0n) is 20.0. The van der Waals surface area contributed by atoms with E-state index in [-0.39, 0.29) is 17.9 Å². The average molecular weight is 493 g/mol. The zero-order chi connectivity index (χ0) is 24.6. The Kier molecular flexibility index (Phi) is 8.50. The van der Waals surface area contributed by atoms with Crippen molar-refractivity contribution in [2.75, 3.05) is 19.6 Å². The Labute approximate surface area is 210 Å². The largest absolute Gasteiger partial charge is 0.361 e. The van der Waals surface area contributed by atoms with E-state index in [1.165, 1.54) is 18.9 Å². The zero-order valence-corrected chi connectivity index (χ0v) is 20.8. The number of nitrogens with zero attached hydrogens (tertiary/aromatic N) is 3. The van der Waals surface area contributed by atoms with E-state index < -0.39 is 0 Å². The molecular weight excluding hydrogens is 460 g/mol. The standard InChI is InChI=1S/C26H32N6O2S/c1-19(33)28-12-7-20-9-15-32(16-10-20)26(34)24(11-17-31-14-3-4-21(31)18-27)30-35-25-6-2-5-23-22(25)8-13-29-23/h2-6,8,13-14,20,24,29-30H,7,9-12,15-17H2,1H3,(H,28,33). The highest BCUT2D eigenvalue weighted by Gasteiger charge is 2.28. The predicted octanol–water partition coefficient (Wildman–Crippen LogP) is 3.66. The SMILES string of the molecule is CC(=O)NCCC1CCN(C(=O)C(CCn2cccc2C#N)NSc2cccc3[nH]ccc23)CC1. The minimum Gasteiger partial charge on any atom is -0.361 e. The average Bonchev–Trinajstić information content (AvgIpc) is 3.53. The van der Waals surface area contributed by atoms with Crippen LogP contribution in [0.15, 0.2) is 53.7 Å². The van der Waals surface area contributed by atoms with Crippen molar-refractivity contribution in [2.45, 2.75) is 50.1 Å². The number of hydrogen-bond donors (Lipinski definition) is 3. The first-order valence-corrected chi connectivity index (χ1v) is 12.9. The van der Waals surface area contributed by atoms with E-state index in [1.54, 1.807) is 6.07 Å². The van der Waals surface area contributed by atoms with Crippen LogP contribution < -0.4 is 10.0 Å². The molecule has 8 nitrogen and oxygen atoms in total. The molecule has 35 heavy (non-hydrogen) atoms. The van der Waals surface area contributed by atoms with Gasteiger partial charge in [-0.05, 0) is 73.9 Å². The number of fused-ring (bicyclic) bond motifs is 1. The Morgan fingerprint density at radius 3 is 2.83 bits per heavy atom.